The van der Waals surface area contributed by atoms with Gasteiger partial charge in [-0.05, 0) is 61.4 Å². The van der Waals surface area contributed by atoms with Crippen LogP contribution in [0.15, 0.2) is 97.1 Å². The Kier molecular flexibility index (Phi) is 14.6. The van der Waals surface area contributed by atoms with E-state index in [0.29, 0.717) is 0 Å². The summed E-state index contributed by atoms with van der Waals surface area (Å²) in [6, 6.07) is 17.2. The second-order valence-corrected chi connectivity index (χ2v) is 13.5. The monoisotopic (exact) mass is 880 g/mol. The van der Waals surface area contributed by atoms with E-state index in [0.717, 1.165) is 97.1 Å². The molecule has 0 heterocycles. The molecule has 1 fully saturated rings. The molecule has 0 radical (unpaired) electrons. The van der Waals surface area contributed by atoms with Crippen LogP contribution in [0.5, 0.6) is 23.0 Å². The lowest BCUT2D eigenvalue weighted by molar-refractivity contribution is -0.385. The standard InChI is InChI=1S/C38H32N4O21/c43-32-37(20-56-33(44)60-28-10-2-24(3-11-28)39(48)49,21-57-34(45)61-29-12-4-25(5-13-29)40(50)51)18-1-19-38(32,22-58-35(46)62-30-14-6-26(7-15-30)41(52)53)23-59-36(47)63-31-16-8-27(9-17-31)42(54)55/h2-17,32,43H,1,18-23H2. The third kappa shape index (κ3) is 12.3. The number of nitro groups is 4. The molecule has 5 rings (SSSR count). The first kappa shape index (κ1) is 45.6. The van der Waals surface area contributed by atoms with Crippen LogP contribution in [0.3, 0.4) is 0 Å². The number of nitrogens with zero attached hydrogens (tertiary/aromatic N) is 4. The first-order valence-electron chi connectivity index (χ1n) is 18.0. The number of rotatable bonds is 16. The lowest BCUT2D eigenvalue weighted by Gasteiger charge is -2.50. The molecule has 0 bridgehead atoms. The van der Waals surface area contributed by atoms with Crippen LogP contribution < -0.4 is 18.9 Å². The van der Waals surface area contributed by atoms with Gasteiger partial charge in [0.2, 0.25) is 0 Å². The molecule has 0 spiro atoms. The summed E-state index contributed by atoms with van der Waals surface area (Å²) in [7, 11) is 0. The predicted molar refractivity (Wildman–Crippen MR) is 205 cm³/mol. The number of hydrogen-bond donors (Lipinski definition) is 1. The highest BCUT2D eigenvalue weighted by Crippen LogP contribution is 2.48. The van der Waals surface area contributed by atoms with Crippen molar-refractivity contribution < 1.29 is 81.9 Å². The molecule has 1 aliphatic carbocycles. The van der Waals surface area contributed by atoms with E-state index in [4.69, 9.17) is 37.9 Å². The summed E-state index contributed by atoms with van der Waals surface area (Å²) in [6.45, 7) is -3.25. The van der Waals surface area contributed by atoms with Crippen LogP contribution in [0.25, 0.3) is 0 Å². The lowest BCUT2D eigenvalue weighted by atomic mass is 9.60. The summed E-state index contributed by atoms with van der Waals surface area (Å²) in [5.74, 6) is -0.719. The zero-order valence-electron chi connectivity index (χ0n) is 32.2. The topological polar surface area (TPSA) is 335 Å². The van der Waals surface area contributed by atoms with Crippen LogP contribution in [0, 0.1) is 51.3 Å². The van der Waals surface area contributed by atoms with Gasteiger partial charge >= 0.3 is 24.6 Å². The zero-order chi connectivity index (χ0) is 45.7. The van der Waals surface area contributed by atoms with E-state index in [1.165, 1.54) is 0 Å². The molecule has 1 N–H and O–H groups in total. The molecule has 330 valence electrons. The van der Waals surface area contributed by atoms with Crippen LogP contribution in [0.2, 0.25) is 0 Å². The maximum Gasteiger partial charge on any atom is 0.513 e. The summed E-state index contributed by atoms with van der Waals surface area (Å²) >= 11 is 0. The van der Waals surface area contributed by atoms with Gasteiger partial charge < -0.3 is 43.0 Å². The van der Waals surface area contributed by atoms with Crippen molar-refractivity contribution in [3.8, 4) is 23.0 Å². The Morgan fingerprint density at radius 3 is 0.841 bits per heavy atom. The van der Waals surface area contributed by atoms with Gasteiger partial charge in [-0.1, -0.05) is 6.42 Å². The number of ether oxygens (including phenoxy) is 8. The Labute approximate surface area is 352 Å². The zero-order valence-corrected chi connectivity index (χ0v) is 32.2. The minimum Gasteiger partial charge on any atom is -0.433 e. The number of aliphatic hydroxyl groups excluding tert-OH is 1. The number of aliphatic hydroxyl groups is 1. The molecule has 0 unspecified atom stereocenters. The Balaban J connectivity index is 1.40. The number of benzene rings is 4. The van der Waals surface area contributed by atoms with Crippen LogP contribution in [0.1, 0.15) is 19.3 Å². The molecular formula is C38H32N4O21. The Morgan fingerprint density at radius 1 is 0.444 bits per heavy atom. The molecule has 0 saturated heterocycles. The highest BCUT2D eigenvalue weighted by molar-refractivity contribution is 5.66. The second-order valence-electron chi connectivity index (χ2n) is 13.5. The van der Waals surface area contributed by atoms with E-state index in [9.17, 15) is 64.7 Å². The maximum absolute atomic E-state index is 12.9. The van der Waals surface area contributed by atoms with Gasteiger partial charge in [0, 0.05) is 48.5 Å². The molecular weight excluding hydrogens is 848 g/mol. The number of carbonyl (C=O) groups excluding carboxylic acids is 4. The Hall–Kier alpha value is -8.48. The molecule has 0 amide bonds. The fourth-order valence-corrected chi connectivity index (χ4v) is 6.26. The maximum atomic E-state index is 12.9. The van der Waals surface area contributed by atoms with Gasteiger partial charge in [-0.15, -0.1) is 0 Å². The molecule has 1 aliphatic rings. The molecule has 0 aliphatic heterocycles. The van der Waals surface area contributed by atoms with Crippen molar-refractivity contribution in [3.05, 3.63) is 138 Å². The Bertz CT molecular complexity index is 2020. The smallest absolute Gasteiger partial charge is 0.433 e. The fourth-order valence-electron chi connectivity index (χ4n) is 6.26. The quantitative estimate of drug-likeness (QED) is 0.0389. The van der Waals surface area contributed by atoms with Gasteiger partial charge in [-0.25, -0.2) is 19.2 Å². The predicted octanol–water partition coefficient (Wildman–Crippen LogP) is 7.00. The molecule has 25 heteroatoms. The first-order chi connectivity index (χ1) is 30.0. The molecule has 25 nitrogen and oxygen atoms in total. The summed E-state index contributed by atoms with van der Waals surface area (Å²) in [4.78, 5) is 93.2. The molecule has 1 saturated carbocycles. The first-order valence-corrected chi connectivity index (χ1v) is 18.0. The lowest BCUT2D eigenvalue weighted by Crippen LogP contribution is -2.59. The number of carbonyl (C=O) groups is 4. The van der Waals surface area contributed by atoms with E-state index < -0.39 is 87.7 Å². The van der Waals surface area contributed by atoms with Crippen LogP contribution in [0.4, 0.5) is 41.9 Å². The van der Waals surface area contributed by atoms with Crippen molar-refractivity contribution in [1.82, 2.24) is 0 Å². The number of hydrogen-bond acceptors (Lipinski definition) is 21. The van der Waals surface area contributed by atoms with Crippen LogP contribution >= 0.6 is 0 Å². The largest absolute Gasteiger partial charge is 0.513 e. The Morgan fingerprint density at radius 2 is 0.651 bits per heavy atom. The van der Waals surface area contributed by atoms with E-state index in [1.807, 2.05) is 0 Å². The molecule has 0 atom stereocenters. The van der Waals surface area contributed by atoms with E-state index in [1.54, 1.807) is 0 Å². The average molecular weight is 881 g/mol. The van der Waals surface area contributed by atoms with Crippen molar-refractivity contribution in [2.24, 2.45) is 10.8 Å². The van der Waals surface area contributed by atoms with Crippen molar-refractivity contribution in [2.45, 2.75) is 25.4 Å². The number of non-ortho nitro benzene ring substituents is 4. The minimum atomic E-state index is -1.91. The van der Waals surface area contributed by atoms with Crippen molar-refractivity contribution in [2.75, 3.05) is 26.4 Å². The second kappa shape index (κ2) is 20.2. The van der Waals surface area contributed by atoms with Gasteiger partial charge in [0.15, 0.2) is 0 Å². The van der Waals surface area contributed by atoms with Gasteiger partial charge in [-0.2, -0.15) is 0 Å². The molecule has 63 heavy (non-hydrogen) atoms. The highest BCUT2D eigenvalue weighted by Gasteiger charge is 2.56. The summed E-state index contributed by atoms with van der Waals surface area (Å²) in [6.07, 6.45) is -7.59. The van der Waals surface area contributed by atoms with E-state index in [-0.39, 0.29) is 65.0 Å². The van der Waals surface area contributed by atoms with E-state index in [2.05, 4.69) is 0 Å². The number of nitro benzene ring substituents is 4. The van der Waals surface area contributed by atoms with Crippen molar-refractivity contribution >= 4 is 47.4 Å². The van der Waals surface area contributed by atoms with Crippen molar-refractivity contribution in [1.29, 1.82) is 0 Å². The third-order valence-corrected chi connectivity index (χ3v) is 9.41. The third-order valence-electron chi connectivity index (χ3n) is 9.41. The fraction of sp³-hybridized carbons (Fsp3) is 0.263. The van der Waals surface area contributed by atoms with E-state index >= 15 is 0 Å². The van der Waals surface area contributed by atoms with Crippen LogP contribution in [-0.2, 0) is 18.9 Å². The molecule has 0 aromatic heterocycles. The highest BCUT2D eigenvalue weighted by atomic mass is 16.7. The van der Waals surface area contributed by atoms with Gasteiger partial charge in [0.1, 0.15) is 49.4 Å². The summed E-state index contributed by atoms with van der Waals surface area (Å²) < 4.78 is 42.0. The molecule has 4 aromatic carbocycles. The summed E-state index contributed by atoms with van der Waals surface area (Å²) in [5.41, 5.74) is -4.98. The van der Waals surface area contributed by atoms with Crippen molar-refractivity contribution in [3.63, 3.8) is 0 Å². The normalized spacial score (nSPS) is 13.9. The average Bonchev–Trinajstić information content (AvgIpc) is 3.25. The van der Waals surface area contributed by atoms with Crippen LogP contribution in [-0.4, -0.2) is 82.0 Å². The van der Waals surface area contributed by atoms with Gasteiger partial charge in [0.25, 0.3) is 22.7 Å². The van der Waals surface area contributed by atoms with Gasteiger partial charge in [-0.3, -0.25) is 40.5 Å². The molecule has 4 aromatic rings. The van der Waals surface area contributed by atoms with Gasteiger partial charge in [0.05, 0.1) is 36.6 Å². The SMILES string of the molecule is O=C(OCC1(COC(=O)Oc2ccc([N+](=O)[O-])cc2)CCCC(COC(=O)Oc2ccc([N+](=O)[O-])cc2)(COC(=O)Oc2ccc([N+](=O)[O-])cc2)C1O)Oc1ccc([N+](=O)[O-])cc1. The minimum absolute atomic E-state index is 0.0557. The summed E-state index contributed by atoms with van der Waals surface area (Å²) in [5, 5.41) is 56.5.